The van der Waals surface area contributed by atoms with E-state index >= 15 is 0 Å². The molecular weight excluding hydrogens is 276 g/mol. The van der Waals surface area contributed by atoms with Crippen molar-refractivity contribution in [3.8, 4) is 5.75 Å². The quantitative estimate of drug-likeness (QED) is 0.736. The van der Waals surface area contributed by atoms with Gasteiger partial charge in [-0.1, -0.05) is 6.07 Å². The summed E-state index contributed by atoms with van der Waals surface area (Å²) in [5.41, 5.74) is 2.53. The maximum Gasteiger partial charge on any atom is 0.124 e. The van der Waals surface area contributed by atoms with Gasteiger partial charge < -0.3 is 19.3 Å². The van der Waals surface area contributed by atoms with Crippen LogP contribution in [0.3, 0.4) is 0 Å². The van der Waals surface area contributed by atoms with Crippen LogP contribution in [0.15, 0.2) is 18.2 Å². The Morgan fingerprint density at radius 3 is 2.59 bits per heavy atom. The molecule has 22 heavy (non-hydrogen) atoms. The normalized spacial score (nSPS) is 16.9. The molecule has 2 rings (SSSR count). The number of methoxy groups -OCH3 is 1. The van der Waals surface area contributed by atoms with Crippen molar-refractivity contribution in [3.63, 3.8) is 0 Å². The molecule has 0 atom stereocenters. The van der Waals surface area contributed by atoms with Gasteiger partial charge in [-0.05, 0) is 51.1 Å². The minimum absolute atomic E-state index is 0.631. The minimum Gasteiger partial charge on any atom is -0.496 e. The van der Waals surface area contributed by atoms with Crippen molar-refractivity contribution in [2.45, 2.75) is 26.4 Å². The van der Waals surface area contributed by atoms with Gasteiger partial charge in [-0.25, -0.2) is 0 Å². The fraction of sp³-hybridized carbons (Fsp3) is 0.667. The average molecular weight is 306 g/mol. The Bertz CT molecular complexity index is 443. The third kappa shape index (κ3) is 5.27. The van der Waals surface area contributed by atoms with Crippen LogP contribution in [-0.4, -0.2) is 63.3 Å². The van der Waals surface area contributed by atoms with Gasteiger partial charge in [0.15, 0.2) is 0 Å². The molecule has 0 bridgehead atoms. The van der Waals surface area contributed by atoms with Gasteiger partial charge in [-0.15, -0.1) is 0 Å². The summed E-state index contributed by atoms with van der Waals surface area (Å²) < 4.78 is 10.9. The zero-order valence-electron chi connectivity index (χ0n) is 14.3. The highest BCUT2D eigenvalue weighted by atomic mass is 16.5. The van der Waals surface area contributed by atoms with Crippen molar-refractivity contribution < 1.29 is 9.47 Å². The Morgan fingerprint density at radius 1 is 1.14 bits per heavy atom. The molecule has 1 aliphatic rings. The molecule has 0 radical (unpaired) electrons. The van der Waals surface area contributed by atoms with Gasteiger partial charge in [0, 0.05) is 38.3 Å². The van der Waals surface area contributed by atoms with Crippen molar-refractivity contribution in [3.05, 3.63) is 29.3 Å². The van der Waals surface area contributed by atoms with Crippen LogP contribution in [0, 0.1) is 0 Å². The molecule has 1 aromatic carbocycles. The van der Waals surface area contributed by atoms with Crippen LogP contribution < -0.4 is 4.74 Å². The monoisotopic (exact) mass is 306 g/mol. The van der Waals surface area contributed by atoms with Gasteiger partial charge in [0.25, 0.3) is 0 Å². The molecule has 0 saturated carbocycles. The van der Waals surface area contributed by atoms with Gasteiger partial charge in [-0.2, -0.15) is 0 Å². The lowest BCUT2D eigenvalue weighted by molar-refractivity contribution is 0.132. The summed E-state index contributed by atoms with van der Waals surface area (Å²) >= 11 is 0. The number of ether oxygens (including phenoxy) is 2. The summed E-state index contributed by atoms with van der Waals surface area (Å²) in [6.07, 6.45) is 2.33. The van der Waals surface area contributed by atoms with Gasteiger partial charge in [0.1, 0.15) is 5.75 Å². The Labute approximate surface area is 135 Å². The summed E-state index contributed by atoms with van der Waals surface area (Å²) in [4.78, 5) is 4.98. The number of hydrogen-bond acceptors (Lipinski definition) is 4. The van der Waals surface area contributed by atoms with Gasteiger partial charge in [-0.3, -0.25) is 0 Å². The highest BCUT2D eigenvalue weighted by molar-refractivity contribution is 5.37. The zero-order valence-corrected chi connectivity index (χ0v) is 14.3. The number of piperazine rings is 1. The fourth-order valence-corrected chi connectivity index (χ4v) is 2.89. The molecule has 0 aromatic heterocycles. The summed E-state index contributed by atoms with van der Waals surface area (Å²) in [7, 11) is 3.92. The number of nitrogens with zero attached hydrogens (tertiary/aromatic N) is 2. The molecule has 4 heteroatoms. The molecule has 0 spiro atoms. The van der Waals surface area contributed by atoms with E-state index in [-0.39, 0.29) is 0 Å². The van der Waals surface area contributed by atoms with Crippen LogP contribution in [-0.2, 0) is 17.8 Å². The van der Waals surface area contributed by atoms with E-state index in [2.05, 4.69) is 35.0 Å². The smallest absolute Gasteiger partial charge is 0.124 e. The maximum absolute atomic E-state index is 5.53. The molecule has 0 amide bonds. The van der Waals surface area contributed by atoms with Crippen LogP contribution in [0.5, 0.6) is 5.75 Å². The Hall–Kier alpha value is -1.10. The number of aryl methyl sites for hydroxylation is 1. The van der Waals surface area contributed by atoms with E-state index < -0.39 is 0 Å². The average Bonchev–Trinajstić information content (AvgIpc) is 2.55. The third-order valence-corrected chi connectivity index (χ3v) is 4.34. The Balaban J connectivity index is 1.81. The molecule has 1 heterocycles. The molecule has 0 unspecified atom stereocenters. The molecule has 124 valence electrons. The largest absolute Gasteiger partial charge is 0.496 e. The van der Waals surface area contributed by atoms with Crippen molar-refractivity contribution in [2.24, 2.45) is 0 Å². The standard InChI is InChI=1S/C18H30N2O2/c1-4-22-15-17-14-16(7-8-18(17)21-3)6-5-9-20-12-10-19(2)11-13-20/h7-8,14H,4-6,9-13,15H2,1-3H3. The van der Waals surface area contributed by atoms with E-state index in [0.29, 0.717) is 6.61 Å². The van der Waals surface area contributed by atoms with E-state index in [1.807, 2.05) is 6.92 Å². The molecule has 4 nitrogen and oxygen atoms in total. The third-order valence-electron chi connectivity index (χ3n) is 4.34. The second kappa shape index (κ2) is 9.13. The summed E-state index contributed by atoms with van der Waals surface area (Å²) in [5, 5.41) is 0. The first kappa shape index (κ1) is 17.3. The first-order valence-electron chi connectivity index (χ1n) is 8.37. The predicted octanol–water partition coefficient (Wildman–Crippen LogP) is 2.41. The molecule has 0 aliphatic carbocycles. The van der Waals surface area contributed by atoms with Crippen molar-refractivity contribution in [1.29, 1.82) is 0 Å². The Morgan fingerprint density at radius 2 is 1.91 bits per heavy atom. The minimum atomic E-state index is 0.631. The van der Waals surface area contributed by atoms with Crippen molar-refractivity contribution in [1.82, 2.24) is 9.80 Å². The van der Waals surface area contributed by atoms with Crippen LogP contribution >= 0.6 is 0 Å². The van der Waals surface area contributed by atoms with E-state index in [4.69, 9.17) is 9.47 Å². The fourth-order valence-electron chi connectivity index (χ4n) is 2.89. The number of hydrogen-bond donors (Lipinski definition) is 0. The lowest BCUT2D eigenvalue weighted by Gasteiger charge is -2.32. The molecule has 1 fully saturated rings. The zero-order chi connectivity index (χ0) is 15.8. The first-order chi connectivity index (χ1) is 10.7. The molecular formula is C18H30N2O2. The molecule has 1 saturated heterocycles. The predicted molar refractivity (Wildman–Crippen MR) is 90.6 cm³/mol. The highest BCUT2D eigenvalue weighted by Gasteiger charge is 2.13. The van der Waals surface area contributed by atoms with Gasteiger partial charge >= 0.3 is 0 Å². The second-order valence-electron chi connectivity index (χ2n) is 6.03. The number of likely N-dealkylation sites (N-methyl/N-ethyl adjacent to an activating group) is 1. The van der Waals surface area contributed by atoms with Gasteiger partial charge in [0.2, 0.25) is 0 Å². The number of rotatable bonds is 8. The molecule has 1 aliphatic heterocycles. The lowest BCUT2D eigenvalue weighted by atomic mass is 10.1. The lowest BCUT2D eigenvalue weighted by Crippen LogP contribution is -2.44. The Kier molecular flexibility index (Phi) is 7.16. The van der Waals surface area contributed by atoms with Crippen molar-refractivity contribution >= 4 is 0 Å². The van der Waals surface area contributed by atoms with E-state index in [9.17, 15) is 0 Å². The van der Waals surface area contributed by atoms with E-state index in [1.54, 1.807) is 7.11 Å². The van der Waals surface area contributed by atoms with E-state index in [0.717, 1.165) is 24.3 Å². The van der Waals surface area contributed by atoms with Crippen LogP contribution in [0.2, 0.25) is 0 Å². The second-order valence-corrected chi connectivity index (χ2v) is 6.03. The van der Waals surface area contributed by atoms with Crippen LogP contribution in [0.25, 0.3) is 0 Å². The van der Waals surface area contributed by atoms with Crippen molar-refractivity contribution in [2.75, 3.05) is 53.5 Å². The SMILES string of the molecule is CCOCc1cc(CCCN2CCN(C)CC2)ccc1OC. The summed E-state index contributed by atoms with van der Waals surface area (Å²) in [5.74, 6) is 0.927. The topological polar surface area (TPSA) is 24.9 Å². The van der Waals surface area contributed by atoms with Crippen LogP contribution in [0.4, 0.5) is 0 Å². The molecule has 1 aromatic rings. The summed E-state index contributed by atoms with van der Waals surface area (Å²) in [6, 6.07) is 6.48. The number of benzene rings is 1. The highest BCUT2D eigenvalue weighted by Crippen LogP contribution is 2.21. The van der Waals surface area contributed by atoms with Crippen LogP contribution in [0.1, 0.15) is 24.5 Å². The van der Waals surface area contributed by atoms with E-state index in [1.165, 1.54) is 44.7 Å². The summed E-state index contributed by atoms with van der Waals surface area (Å²) in [6.45, 7) is 9.38. The molecule has 0 N–H and O–H groups in total. The first-order valence-corrected chi connectivity index (χ1v) is 8.37. The van der Waals surface area contributed by atoms with Gasteiger partial charge in [0.05, 0.1) is 13.7 Å². The maximum atomic E-state index is 5.53.